The predicted molar refractivity (Wildman–Crippen MR) is 91.4 cm³/mol. The maximum absolute atomic E-state index is 12.9. The summed E-state index contributed by atoms with van der Waals surface area (Å²) in [6, 6.07) is 9.64. The van der Waals surface area contributed by atoms with E-state index in [9.17, 15) is 27.2 Å². The van der Waals surface area contributed by atoms with Crippen molar-refractivity contribution in [1.29, 1.82) is 0 Å². The number of hydrogen-bond acceptors (Lipinski definition) is 4. The molecule has 9 heteroatoms. The Morgan fingerprint density at radius 2 is 1.81 bits per heavy atom. The first kappa shape index (κ1) is 19.0. The summed E-state index contributed by atoms with van der Waals surface area (Å²) in [6.07, 6.45) is -4.62. The van der Waals surface area contributed by atoms with Crippen LogP contribution in [0.25, 0.3) is 0 Å². The minimum atomic E-state index is -4.47. The van der Waals surface area contributed by atoms with Crippen LogP contribution in [0.3, 0.4) is 0 Å². The van der Waals surface area contributed by atoms with Crippen molar-refractivity contribution in [3.05, 3.63) is 86.5 Å². The molecule has 0 saturated heterocycles. The van der Waals surface area contributed by atoms with Gasteiger partial charge in [-0.3, -0.25) is 4.79 Å². The lowest BCUT2D eigenvalue weighted by Crippen LogP contribution is -2.16. The zero-order valence-corrected chi connectivity index (χ0v) is 14.5. The number of aromatic nitrogens is 2. The first-order chi connectivity index (χ1) is 12.7. The Kier molecular flexibility index (Phi) is 5.22. The van der Waals surface area contributed by atoms with Gasteiger partial charge in [-0.15, -0.1) is 0 Å². The molecular formula is C18H12F4N2O2S. The van der Waals surface area contributed by atoms with Gasteiger partial charge in [-0.2, -0.15) is 18.2 Å². The Labute approximate surface area is 154 Å². The van der Waals surface area contributed by atoms with E-state index in [1.165, 1.54) is 28.2 Å². The molecule has 3 aromatic rings. The largest absolute Gasteiger partial charge is 0.416 e. The summed E-state index contributed by atoms with van der Waals surface area (Å²) in [4.78, 5) is 27.9. The van der Waals surface area contributed by atoms with E-state index in [0.29, 0.717) is 5.56 Å². The van der Waals surface area contributed by atoms with Crippen LogP contribution in [0, 0.1) is 5.82 Å². The van der Waals surface area contributed by atoms with Crippen LogP contribution in [-0.2, 0) is 19.1 Å². The third-order valence-corrected chi connectivity index (χ3v) is 4.66. The number of hydrogen-bond donors (Lipinski definition) is 0. The highest BCUT2D eigenvalue weighted by Crippen LogP contribution is 2.29. The summed E-state index contributed by atoms with van der Waals surface area (Å²) in [5.74, 6) is -0.809. The minimum absolute atomic E-state index is 0.0782. The summed E-state index contributed by atoms with van der Waals surface area (Å²) < 4.78 is 52.4. The molecule has 0 radical (unpaired) electrons. The molecule has 0 aliphatic heterocycles. The van der Waals surface area contributed by atoms with Crippen LogP contribution in [0.5, 0.6) is 0 Å². The highest BCUT2D eigenvalue weighted by atomic mass is 32.1. The zero-order valence-electron chi connectivity index (χ0n) is 13.7. The van der Waals surface area contributed by atoms with Gasteiger partial charge in [0.25, 0.3) is 0 Å². The lowest BCUT2D eigenvalue weighted by molar-refractivity contribution is -0.137. The van der Waals surface area contributed by atoms with Crippen molar-refractivity contribution in [2.75, 3.05) is 0 Å². The molecule has 27 heavy (non-hydrogen) atoms. The van der Waals surface area contributed by atoms with Crippen LogP contribution in [0.15, 0.2) is 53.3 Å². The van der Waals surface area contributed by atoms with E-state index >= 15 is 0 Å². The van der Waals surface area contributed by atoms with Gasteiger partial charge in [0.05, 0.1) is 18.5 Å². The van der Waals surface area contributed by atoms with Gasteiger partial charge in [-0.1, -0.05) is 12.1 Å². The van der Waals surface area contributed by atoms with Crippen LogP contribution in [0.4, 0.5) is 17.6 Å². The second-order valence-corrected chi connectivity index (χ2v) is 6.82. The van der Waals surface area contributed by atoms with Crippen molar-refractivity contribution < 1.29 is 22.4 Å². The summed E-state index contributed by atoms with van der Waals surface area (Å²) in [5.41, 5.74) is -0.862. The third-order valence-electron chi connectivity index (χ3n) is 3.71. The van der Waals surface area contributed by atoms with Gasteiger partial charge < -0.3 is 0 Å². The van der Waals surface area contributed by atoms with E-state index in [2.05, 4.69) is 4.98 Å². The number of halogens is 4. The topological polar surface area (TPSA) is 52.0 Å². The summed E-state index contributed by atoms with van der Waals surface area (Å²) >= 11 is 0.911. The van der Waals surface area contributed by atoms with Gasteiger partial charge in [0.15, 0.2) is 5.78 Å². The van der Waals surface area contributed by atoms with Crippen molar-refractivity contribution in [2.24, 2.45) is 0 Å². The van der Waals surface area contributed by atoms with E-state index in [1.807, 2.05) is 0 Å². The SMILES string of the molecule is O=C(Cc1nc(=O)n(Cc2cccc(C(F)(F)F)c2)s1)c1ccc(F)cc1. The number of Topliss-reactive ketones (excluding diaryl/α,β-unsaturated/α-hetero) is 1. The number of nitrogens with zero attached hydrogens (tertiary/aromatic N) is 2. The Balaban J connectivity index is 1.76. The van der Waals surface area contributed by atoms with Crippen molar-refractivity contribution >= 4 is 17.3 Å². The number of carbonyl (C=O) groups is 1. The number of carbonyl (C=O) groups excluding carboxylic acids is 1. The van der Waals surface area contributed by atoms with Crippen LogP contribution in [0.1, 0.15) is 26.5 Å². The molecule has 3 rings (SSSR count). The Bertz CT molecular complexity index is 1020. The molecule has 0 fully saturated rings. The molecule has 4 nitrogen and oxygen atoms in total. The Morgan fingerprint density at radius 3 is 2.48 bits per heavy atom. The number of alkyl halides is 3. The molecule has 0 spiro atoms. The highest BCUT2D eigenvalue weighted by molar-refractivity contribution is 7.06. The molecule has 0 amide bonds. The second-order valence-electron chi connectivity index (χ2n) is 5.72. The standard InChI is InChI=1S/C18H12F4N2O2S/c19-14-6-4-12(5-7-14)15(25)9-16-23-17(26)24(27-16)10-11-2-1-3-13(8-11)18(20,21)22/h1-8H,9-10H2. The molecule has 1 heterocycles. The van der Waals surface area contributed by atoms with E-state index < -0.39 is 23.2 Å². The molecule has 0 aliphatic carbocycles. The van der Waals surface area contributed by atoms with E-state index in [-0.39, 0.29) is 29.3 Å². The lowest BCUT2D eigenvalue weighted by atomic mass is 10.1. The van der Waals surface area contributed by atoms with E-state index in [1.54, 1.807) is 0 Å². The fourth-order valence-corrected chi connectivity index (χ4v) is 3.31. The van der Waals surface area contributed by atoms with E-state index in [4.69, 9.17) is 0 Å². The van der Waals surface area contributed by atoms with E-state index in [0.717, 1.165) is 35.8 Å². The molecule has 0 saturated carbocycles. The van der Waals surface area contributed by atoms with Gasteiger partial charge in [-0.05, 0) is 53.5 Å². The number of benzene rings is 2. The van der Waals surface area contributed by atoms with Gasteiger partial charge in [0.1, 0.15) is 10.8 Å². The molecule has 0 aliphatic rings. The maximum atomic E-state index is 12.9. The second kappa shape index (κ2) is 7.43. The van der Waals surface area contributed by atoms with Gasteiger partial charge in [0.2, 0.25) is 0 Å². The average Bonchev–Trinajstić information content (AvgIpc) is 2.94. The lowest BCUT2D eigenvalue weighted by Gasteiger charge is -2.08. The number of ketones is 1. The fourth-order valence-electron chi connectivity index (χ4n) is 2.41. The quantitative estimate of drug-likeness (QED) is 0.485. The molecule has 1 aromatic heterocycles. The fraction of sp³-hybridized carbons (Fsp3) is 0.167. The Hall–Kier alpha value is -2.81. The summed E-state index contributed by atoms with van der Waals surface area (Å²) in [6.45, 7) is -0.0782. The molecular weight excluding hydrogens is 384 g/mol. The first-order valence-corrected chi connectivity index (χ1v) is 8.51. The molecule has 140 valence electrons. The maximum Gasteiger partial charge on any atom is 0.416 e. The van der Waals surface area contributed by atoms with Crippen LogP contribution >= 0.6 is 11.5 Å². The average molecular weight is 396 g/mol. The third kappa shape index (κ3) is 4.68. The van der Waals surface area contributed by atoms with Crippen molar-refractivity contribution in [3.63, 3.8) is 0 Å². The highest BCUT2D eigenvalue weighted by Gasteiger charge is 2.30. The molecule has 0 atom stereocenters. The molecule has 0 unspecified atom stereocenters. The smallest absolute Gasteiger partial charge is 0.294 e. The monoisotopic (exact) mass is 396 g/mol. The molecule has 0 N–H and O–H groups in total. The van der Waals surface area contributed by atoms with Crippen molar-refractivity contribution in [1.82, 2.24) is 8.94 Å². The van der Waals surface area contributed by atoms with Crippen LogP contribution in [0.2, 0.25) is 0 Å². The van der Waals surface area contributed by atoms with Gasteiger partial charge in [0, 0.05) is 5.56 Å². The molecule has 2 aromatic carbocycles. The minimum Gasteiger partial charge on any atom is -0.294 e. The number of rotatable bonds is 5. The molecule has 0 bridgehead atoms. The normalized spacial score (nSPS) is 11.6. The first-order valence-electron chi connectivity index (χ1n) is 7.74. The zero-order chi connectivity index (χ0) is 19.6. The predicted octanol–water partition coefficient (Wildman–Crippen LogP) is 3.94. The van der Waals surface area contributed by atoms with Crippen molar-refractivity contribution in [2.45, 2.75) is 19.1 Å². The van der Waals surface area contributed by atoms with Gasteiger partial charge >= 0.3 is 11.9 Å². The summed E-state index contributed by atoms with van der Waals surface area (Å²) in [5, 5.41) is 0.237. The van der Waals surface area contributed by atoms with Crippen molar-refractivity contribution in [3.8, 4) is 0 Å². The summed E-state index contributed by atoms with van der Waals surface area (Å²) in [7, 11) is 0. The van der Waals surface area contributed by atoms with Crippen LogP contribution < -0.4 is 5.69 Å². The van der Waals surface area contributed by atoms with Crippen LogP contribution in [-0.4, -0.2) is 14.7 Å². The Morgan fingerprint density at radius 1 is 1.11 bits per heavy atom. The van der Waals surface area contributed by atoms with Gasteiger partial charge in [-0.25, -0.2) is 13.1 Å².